The molecule has 5 nitrogen and oxygen atoms in total. The van der Waals surface area contributed by atoms with Crippen molar-refractivity contribution in [2.24, 2.45) is 5.92 Å². The van der Waals surface area contributed by atoms with Gasteiger partial charge in [-0.25, -0.2) is 0 Å². The first-order chi connectivity index (χ1) is 9.56. The van der Waals surface area contributed by atoms with Gasteiger partial charge in [0.2, 0.25) is 5.91 Å². The van der Waals surface area contributed by atoms with Gasteiger partial charge in [0.1, 0.15) is 0 Å². The number of hydrogen-bond donors (Lipinski definition) is 2. The van der Waals surface area contributed by atoms with Crippen LogP contribution < -0.4 is 5.32 Å². The van der Waals surface area contributed by atoms with Crippen LogP contribution in [0.15, 0.2) is 6.07 Å². The average Bonchev–Trinajstić information content (AvgIpc) is 2.74. The van der Waals surface area contributed by atoms with Gasteiger partial charge in [-0.1, -0.05) is 12.8 Å². The molecule has 0 aliphatic heterocycles. The van der Waals surface area contributed by atoms with E-state index >= 15 is 0 Å². The number of aliphatic hydroxyl groups is 1. The molecule has 0 radical (unpaired) electrons. The van der Waals surface area contributed by atoms with Crippen molar-refractivity contribution >= 4 is 5.91 Å². The third-order valence-electron chi connectivity index (χ3n) is 4.08. The molecule has 2 N–H and O–H groups in total. The molecule has 0 bridgehead atoms. The molecule has 0 aromatic carbocycles. The van der Waals surface area contributed by atoms with E-state index in [0.717, 1.165) is 37.1 Å². The van der Waals surface area contributed by atoms with E-state index in [1.54, 1.807) is 0 Å². The highest BCUT2D eigenvalue weighted by Gasteiger charge is 2.23. The largest absolute Gasteiger partial charge is 0.393 e. The Kier molecular flexibility index (Phi) is 5.17. The van der Waals surface area contributed by atoms with Crippen molar-refractivity contribution in [1.82, 2.24) is 15.1 Å². The van der Waals surface area contributed by atoms with Crippen molar-refractivity contribution < 1.29 is 9.90 Å². The highest BCUT2D eigenvalue weighted by atomic mass is 16.3. The van der Waals surface area contributed by atoms with E-state index in [0.29, 0.717) is 19.5 Å². The van der Waals surface area contributed by atoms with E-state index < -0.39 is 0 Å². The normalized spacial score (nSPS) is 22.8. The molecule has 0 spiro atoms. The number of aromatic nitrogens is 2. The molecule has 20 heavy (non-hydrogen) atoms. The number of aryl methyl sites for hydroxylation is 3. The minimum atomic E-state index is -0.250. The molecule has 112 valence electrons. The predicted molar refractivity (Wildman–Crippen MR) is 77.3 cm³/mol. The maximum Gasteiger partial charge on any atom is 0.221 e. The lowest BCUT2D eigenvalue weighted by molar-refractivity contribution is -0.121. The SMILES string of the molecule is Cc1cc(C)n(CCC(=O)NCC2CCCCC2O)n1. The van der Waals surface area contributed by atoms with Crippen LogP contribution in [-0.4, -0.2) is 33.4 Å². The molecule has 2 unspecified atom stereocenters. The molecular formula is C15H25N3O2. The van der Waals surface area contributed by atoms with Gasteiger partial charge in [0, 0.05) is 31.1 Å². The number of nitrogens with zero attached hydrogens (tertiary/aromatic N) is 2. The fraction of sp³-hybridized carbons (Fsp3) is 0.733. The van der Waals surface area contributed by atoms with Gasteiger partial charge in [0.05, 0.1) is 11.8 Å². The Bertz CT molecular complexity index is 456. The molecular weight excluding hydrogens is 254 g/mol. The van der Waals surface area contributed by atoms with Gasteiger partial charge in [-0.3, -0.25) is 9.48 Å². The van der Waals surface area contributed by atoms with Crippen molar-refractivity contribution in [1.29, 1.82) is 0 Å². The first-order valence-electron chi connectivity index (χ1n) is 7.52. The lowest BCUT2D eigenvalue weighted by Crippen LogP contribution is -2.37. The molecule has 1 fully saturated rings. The monoisotopic (exact) mass is 279 g/mol. The van der Waals surface area contributed by atoms with E-state index in [2.05, 4.69) is 10.4 Å². The number of hydrogen-bond acceptors (Lipinski definition) is 3. The number of carbonyl (C=O) groups excluding carboxylic acids is 1. The van der Waals surface area contributed by atoms with Crippen LogP contribution >= 0.6 is 0 Å². The molecule has 0 saturated heterocycles. The topological polar surface area (TPSA) is 67.2 Å². The summed E-state index contributed by atoms with van der Waals surface area (Å²) in [5.41, 5.74) is 2.06. The minimum Gasteiger partial charge on any atom is -0.393 e. The molecule has 1 amide bonds. The first-order valence-corrected chi connectivity index (χ1v) is 7.52. The van der Waals surface area contributed by atoms with E-state index in [9.17, 15) is 9.90 Å². The standard InChI is InChI=1S/C15H25N3O2/c1-11-9-12(2)18(17-11)8-7-15(20)16-10-13-5-3-4-6-14(13)19/h9,13-14,19H,3-8,10H2,1-2H3,(H,16,20). The van der Waals surface area contributed by atoms with Crippen LogP contribution in [0.3, 0.4) is 0 Å². The molecule has 1 aromatic rings. The summed E-state index contributed by atoms with van der Waals surface area (Å²) in [5, 5.41) is 17.1. The fourth-order valence-corrected chi connectivity index (χ4v) is 2.87. The van der Waals surface area contributed by atoms with Gasteiger partial charge in [-0.2, -0.15) is 5.10 Å². The maximum atomic E-state index is 11.8. The Balaban J connectivity index is 1.71. The number of aliphatic hydroxyl groups excluding tert-OH is 1. The highest BCUT2D eigenvalue weighted by molar-refractivity contribution is 5.75. The zero-order valence-electron chi connectivity index (χ0n) is 12.4. The summed E-state index contributed by atoms with van der Waals surface area (Å²) < 4.78 is 1.87. The molecule has 1 saturated carbocycles. The highest BCUT2D eigenvalue weighted by Crippen LogP contribution is 2.23. The summed E-state index contributed by atoms with van der Waals surface area (Å²) in [4.78, 5) is 11.8. The molecule has 1 heterocycles. The molecule has 1 aromatic heterocycles. The maximum absolute atomic E-state index is 11.8. The Hall–Kier alpha value is -1.36. The second-order valence-electron chi connectivity index (χ2n) is 5.82. The second kappa shape index (κ2) is 6.88. The van der Waals surface area contributed by atoms with Crippen LogP contribution in [0.1, 0.15) is 43.5 Å². The van der Waals surface area contributed by atoms with Gasteiger partial charge in [0.25, 0.3) is 0 Å². The van der Waals surface area contributed by atoms with E-state index in [-0.39, 0.29) is 17.9 Å². The first kappa shape index (κ1) is 15.0. The smallest absolute Gasteiger partial charge is 0.221 e. The lowest BCUT2D eigenvalue weighted by atomic mass is 9.86. The van der Waals surface area contributed by atoms with Gasteiger partial charge < -0.3 is 10.4 Å². The summed E-state index contributed by atoms with van der Waals surface area (Å²) in [7, 11) is 0. The zero-order chi connectivity index (χ0) is 14.5. The van der Waals surface area contributed by atoms with Crippen LogP contribution in [0.5, 0.6) is 0 Å². The molecule has 1 aliphatic carbocycles. The summed E-state index contributed by atoms with van der Waals surface area (Å²) in [6.07, 6.45) is 4.32. The van der Waals surface area contributed by atoms with E-state index in [4.69, 9.17) is 0 Å². The van der Waals surface area contributed by atoms with Crippen molar-refractivity contribution in [2.75, 3.05) is 6.54 Å². The van der Waals surface area contributed by atoms with E-state index in [1.807, 2.05) is 24.6 Å². The van der Waals surface area contributed by atoms with Crippen LogP contribution in [0.2, 0.25) is 0 Å². The second-order valence-corrected chi connectivity index (χ2v) is 5.82. The molecule has 2 rings (SSSR count). The fourth-order valence-electron chi connectivity index (χ4n) is 2.87. The summed E-state index contributed by atoms with van der Waals surface area (Å²) >= 11 is 0. The molecule has 1 aliphatic rings. The Morgan fingerprint density at radius 1 is 1.45 bits per heavy atom. The Morgan fingerprint density at radius 2 is 2.20 bits per heavy atom. The summed E-state index contributed by atoms with van der Waals surface area (Å²) in [6, 6.07) is 2.01. The van der Waals surface area contributed by atoms with Crippen molar-refractivity contribution in [3.63, 3.8) is 0 Å². The number of carbonyl (C=O) groups is 1. The van der Waals surface area contributed by atoms with E-state index in [1.165, 1.54) is 0 Å². The van der Waals surface area contributed by atoms with Gasteiger partial charge in [0.15, 0.2) is 0 Å². The van der Waals surface area contributed by atoms with Crippen LogP contribution in [0.25, 0.3) is 0 Å². The lowest BCUT2D eigenvalue weighted by Gasteiger charge is -2.27. The molecule has 5 heteroatoms. The van der Waals surface area contributed by atoms with Crippen molar-refractivity contribution in [3.05, 3.63) is 17.5 Å². The van der Waals surface area contributed by atoms with Crippen LogP contribution in [0.4, 0.5) is 0 Å². The van der Waals surface area contributed by atoms with Crippen LogP contribution in [0, 0.1) is 19.8 Å². The number of rotatable bonds is 5. The van der Waals surface area contributed by atoms with Crippen molar-refractivity contribution in [2.45, 2.75) is 58.6 Å². The Labute approximate surface area is 120 Å². The summed E-state index contributed by atoms with van der Waals surface area (Å²) in [6.45, 7) is 5.15. The average molecular weight is 279 g/mol. The Morgan fingerprint density at radius 3 is 2.85 bits per heavy atom. The quantitative estimate of drug-likeness (QED) is 0.859. The zero-order valence-corrected chi connectivity index (χ0v) is 12.4. The third kappa shape index (κ3) is 4.07. The minimum absolute atomic E-state index is 0.0373. The molecule has 2 atom stereocenters. The number of nitrogens with one attached hydrogen (secondary N) is 1. The van der Waals surface area contributed by atoms with Crippen LogP contribution in [-0.2, 0) is 11.3 Å². The summed E-state index contributed by atoms with van der Waals surface area (Å²) in [5.74, 6) is 0.261. The van der Waals surface area contributed by atoms with Gasteiger partial charge >= 0.3 is 0 Å². The van der Waals surface area contributed by atoms with Gasteiger partial charge in [-0.05, 0) is 32.8 Å². The predicted octanol–water partition coefficient (Wildman–Crippen LogP) is 1.56. The number of amides is 1. The van der Waals surface area contributed by atoms with Crippen molar-refractivity contribution in [3.8, 4) is 0 Å². The third-order valence-corrected chi connectivity index (χ3v) is 4.08. The van der Waals surface area contributed by atoms with Gasteiger partial charge in [-0.15, -0.1) is 0 Å².